The summed E-state index contributed by atoms with van der Waals surface area (Å²) in [6.07, 6.45) is -0.547. The number of aromatic amines is 1. The number of amides is 1. The smallest absolute Gasteiger partial charge is 0.274 e. The number of nitrogens with one attached hydrogen (secondary N) is 1. The molecule has 1 aromatic heterocycles. The van der Waals surface area contributed by atoms with Gasteiger partial charge in [0.2, 0.25) is 0 Å². The summed E-state index contributed by atoms with van der Waals surface area (Å²) in [6.45, 7) is 1.94. The van der Waals surface area contributed by atoms with E-state index in [9.17, 15) is 9.90 Å². The molecule has 90 valence electrons. The minimum Gasteiger partial charge on any atom is -0.392 e. The zero-order chi connectivity index (χ0) is 12.4. The Hall–Kier alpha value is -1.88. The molecule has 0 bridgehead atoms. The monoisotopic (exact) mass is 233 g/mol. The van der Waals surface area contributed by atoms with Gasteiger partial charge in [-0.15, -0.1) is 0 Å². The average molecular weight is 233 g/mol. The number of H-pyrrole nitrogens is 1. The second-order valence-electron chi connectivity index (χ2n) is 4.15. The number of benzene rings is 1. The molecule has 2 N–H and O–H groups in total. The third kappa shape index (κ3) is 2.29. The van der Waals surface area contributed by atoms with Crippen LogP contribution < -0.4 is 0 Å². The van der Waals surface area contributed by atoms with Crippen LogP contribution in [0.3, 0.4) is 0 Å². The lowest BCUT2D eigenvalue weighted by molar-refractivity contribution is 0.0700. The Bertz CT molecular complexity index is 533. The van der Waals surface area contributed by atoms with Crippen molar-refractivity contribution in [2.24, 2.45) is 0 Å². The van der Waals surface area contributed by atoms with Gasteiger partial charge in [-0.1, -0.05) is 18.2 Å². The number of fused-ring (bicyclic) bond motifs is 1. The third-order valence-electron chi connectivity index (χ3n) is 2.56. The van der Waals surface area contributed by atoms with Crippen molar-refractivity contribution >= 4 is 16.8 Å². The molecule has 0 aliphatic rings. The molecule has 5 nitrogen and oxygen atoms in total. The van der Waals surface area contributed by atoms with Crippen molar-refractivity contribution in [2.75, 3.05) is 13.6 Å². The van der Waals surface area contributed by atoms with Gasteiger partial charge in [-0.3, -0.25) is 9.89 Å². The first-order valence-electron chi connectivity index (χ1n) is 5.46. The highest BCUT2D eigenvalue weighted by atomic mass is 16.3. The van der Waals surface area contributed by atoms with Crippen molar-refractivity contribution in [1.29, 1.82) is 0 Å². The number of rotatable bonds is 3. The van der Waals surface area contributed by atoms with Crippen LogP contribution in [0.15, 0.2) is 24.3 Å². The molecule has 1 atom stereocenters. The molecule has 5 heteroatoms. The SMILES string of the molecule is CC(O)CN(C)C(=O)c1n[nH]c2ccccc12. The summed E-state index contributed by atoms with van der Waals surface area (Å²) < 4.78 is 0. The lowest BCUT2D eigenvalue weighted by Crippen LogP contribution is -2.33. The van der Waals surface area contributed by atoms with Crippen LogP contribution in [0.25, 0.3) is 10.9 Å². The number of aliphatic hydroxyl groups excluding tert-OH is 1. The van der Waals surface area contributed by atoms with Crippen molar-refractivity contribution in [3.8, 4) is 0 Å². The summed E-state index contributed by atoms with van der Waals surface area (Å²) in [6, 6.07) is 7.47. The molecule has 0 saturated carbocycles. The second-order valence-corrected chi connectivity index (χ2v) is 4.15. The van der Waals surface area contributed by atoms with Gasteiger partial charge in [0.15, 0.2) is 5.69 Å². The van der Waals surface area contributed by atoms with E-state index in [-0.39, 0.29) is 5.91 Å². The summed E-state index contributed by atoms with van der Waals surface area (Å²) in [5, 5.41) is 16.9. The van der Waals surface area contributed by atoms with E-state index in [1.165, 1.54) is 4.90 Å². The Labute approximate surface area is 99.1 Å². The van der Waals surface area contributed by atoms with Gasteiger partial charge in [0, 0.05) is 19.0 Å². The van der Waals surface area contributed by atoms with E-state index in [2.05, 4.69) is 10.2 Å². The molecule has 0 fully saturated rings. The van der Waals surface area contributed by atoms with E-state index in [1.54, 1.807) is 14.0 Å². The highest BCUT2D eigenvalue weighted by Crippen LogP contribution is 2.16. The molecule has 1 unspecified atom stereocenters. The van der Waals surface area contributed by atoms with Crippen LogP contribution >= 0.6 is 0 Å². The number of para-hydroxylation sites is 1. The van der Waals surface area contributed by atoms with E-state index in [4.69, 9.17) is 0 Å². The molecule has 1 aromatic carbocycles. The highest BCUT2D eigenvalue weighted by molar-refractivity contribution is 6.04. The Balaban J connectivity index is 2.30. The minimum atomic E-state index is -0.547. The standard InChI is InChI=1S/C12H15N3O2/c1-8(16)7-15(2)12(17)11-9-5-3-4-6-10(9)13-14-11/h3-6,8,16H,7H2,1-2H3,(H,13,14). The first-order chi connectivity index (χ1) is 8.09. The van der Waals surface area contributed by atoms with E-state index in [0.29, 0.717) is 12.2 Å². The number of hydrogen-bond acceptors (Lipinski definition) is 3. The van der Waals surface area contributed by atoms with Crippen molar-refractivity contribution in [3.05, 3.63) is 30.0 Å². The lowest BCUT2D eigenvalue weighted by atomic mass is 10.2. The summed E-state index contributed by atoms with van der Waals surface area (Å²) in [5.74, 6) is -0.191. The van der Waals surface area contributed by atoms with Crippen LogP contribution in [0.2, 0.25) is 0 Å². The fraction of sp³-hybridized carbons (Fsp3) is 0.333. The molecule has 17 heavy (non-hydrogen) atoms. The van der Waals surface area contributed by atoms with Gasteiger partial charge < -0.3 is 10.0 Å². The number of carbonyl (C=O) groups excluding carboxylic acids is 1. The normalized spacial score (nSPS) is 12.6. The van der Waals surface area contributed by atoms with Gasteiger partial charge in [-0.25, -0.2) is 0 Å². The van der Waals surface area contributed by atoms with Crippen LogP contribution in [-0.4, -0.2) is 45.8 Å². The molecule has 1 heterocycles. The summed E-state index contributed by atoms with van der Waals surface area (Å²) >= 11 is 0. The van der Waals surface area contributed by atoms with Gasteiger partial charge in [0.05, 0.1) is 11.6 Å². The zero-order valence-corrected chi connectivity index (χ0v) is 9.84. The molecule has 0 aliphatic heterocycles. The molecule has 0 saturated heterocycles. The first-order valence-corrected chi connectivity index (χ1v) is 5.46. The summed E-state index contributed by atoms with van der Waals surface area (Å²) in [5.41, 5.74) is 1.23. The number of likely N-dealkylation sites (N-methyl/N-ethyl adjacent to an activating group) is 1. The summed E-state index contributed by atoms with van der Waals surface area (Å²) in [4.78, 5) is 13.6. The number of aromatic nitrogens is 2. The topological polar surface area (TPSA) is 69.2 Å². The molecule has 0 radical (unpaired) electrons. The number of carbonyl (C=O) groups is 1. The highest BCUT2D eigenvalue weighted by Gasteiger charge is 2.18. The maximum absolute atomic E-state index is 12.1. The van der Waals surface area contributed by atoms with Crippen LogP contribution in [0, 0.1) is 0 Å². The molecule has 0 aliphatic carbocycles. The minimum absolute atomic E-state index is 0.191. The fourth-order valence-electron chi connectivity index (χ4n) is 1.79. The fourth-order valence-corrected chi connectivity index (χ4v) is 1.79. The zero-order valence-electron chi connectivity index (χ0n) is 9.84. The maximum atomic E-state index is 12.1. The Kier molecular flexibility index (Phi) is 3.10. The molecular weight excluding hydrogens is 218 g/mol. The Morgan fingerprint density at radius 3 is 2.94 bits per heavy atom. The van der Waals surface area contributed by atoms with Crippen LogP contribution in [0.5, 0.6) is 0 Å². The van der Waals surface area contributed by atoms with E-state index >= 15 is 0 Å². The summed E-state index contributed by atoms with van der Waals surface area (Å²) in [7, 11) is 1.65. The first kappa shape index (κ1) is 11.6. The number of aliphatic hydroxyl groups is 1. The molecule has 2 aromatic rings. The molecule has 0 spiro atoms. The third-order valence-corrected chi connectivity index (χ3v) is 2.56. The Morgan fingerprint density at radius 1 is 1.53 bits per heavy atom. The van der Waals surface area contributed by atoms with Gasteiger partial charge in [-0.05, 0) is 13.0 Å². The molecule has 1 amide bonds. The van der Waals surface area contributed by atoms with Gasteiger partial charge in [0.25, 0.3) is 5.91 Å². The van der Waals surface area contributed by atoms with Gasteiger partial charge in [0.1, 0.15) is 0 Å². The average Bonchev–Trinajstić information content (AvgIpc) is 2.70. The van der Waals surface area contributed by atoms with Crippen molar-refractivity contribution in [1.82, 2.24) is 15.1 Å². The van der Waals surface area contributed by atoms with Crippen molar-refractivity contribution in [2.45, 2.75) is 13.0 Å². The number of hydrogen-bond donors (Lipinski definition) is 2. The van der Waals surface area contributed by atoms with E-state index in [0.717, 1.165) is 10.9 Å². The van der Waals surface area contributed by atoms with E-state index in [1.807, 2.05) is 24.3 Å². The van der Waals surface area contributed by atoms with Crippen molar-refractivity contribution < 1.29 is 9.90 Å². The van der Waals surface area contributed by atoms with Crippen molar-refractivity contribution in [3.63, 3.8) is 0 Å². The lowest BCUT2D eigenvalue weighted by Gasteiger charge is -2.17. The maximum Gasteiger partial charge on any atom is 0.274 e. The van der Waals surface area contributed by atoms with Crippen LogP contribution in [0.4, 0.5) is 0 Å². The van der Waals surface area contributed by atoms with E-state index < -0.39 is 6.10 Å². The predicted molar refractivity (Wildman–Crippen MR) is 64.7 cm³/mol. The molecule has 2 rings (SSSR count). The molecular formula is C12H15N3O2. The quantitative estimate of drug-likeness (QED) is 0.831. The van der Waals surface area contributed by atoms with Crippen LogP contribution in [-0.2, 0) is 0 Å². The largest absolute Gasteiger partial charge is 0.392 e. The van der Waals surface area contributed by atoms with Gasteiger partial charge >= 0.3 is 0 Å². The Morgan fingerprint density at radius 2 is 2.24 bits per heavy atom. The second kappa shape index (κ2) is 4.55. The predicted octanol–water partition coefficient (Wildman–Crippen LogP) is 1.02. The van der Waals surface area contributed by atoms with Crippen LogP contribution in [0.1, 0.15) is 17.4 Å². The number of nitrogens with zero attached hydrogens (tertiary/aromatic N) is 2. The van der Waals surface area contributed by atoms with Gasteiger partial charge in [-0.2, -0.15) is 5.10 Å².